The van der Waals surface area contributed by atoms with Gasteiger partial charge in [0.25, 0.3) is 0 Å². The first-order valence-electron chi connectivity index (χ1n) is 10.3. The molecule has 0 unspecified atom stereocenters. The van der Waals surface area contributed by atoms with Crippen molar-refractivity contribution in [2.75, 3.05) is 11.8 Å². The monoisotopic (exact) mass is 480 g/mol. The van der Waals surface area contributed by atoms with Gasteiger partial charge in [0.2, 0.25) is 6.41 Å². The van der Waals surface area contributed by atoms with Gasteiger partial charge < -0.3 is 9.62 Å². The Morgan fingerprint density at radius 3 is 2.45 bits per heavy atom. The lowest BCUT2D eigenvalue weighted by atomic mass is 10.0. The summed E-state index contributed by atoms with van der Waals surface area (Å²) in [6, 6.07) is 21.9. The Kier molecular flexibility index (Phi) is 7.11. The van der Waals surface area contributed by atoms with E-state index in [0.29, 0.717) is 11.4 Å². The highest BCUT2D eigenvalue weighted by molar-refractivity contribution is 8.00. The number of benzene rings is 3. The zero-order chi connectivity index (χ0) is 23.4. The van der Waals surface area contributed by atoms with Crippen molar-refractivity contribution in [1.29, 1.82) is 0 Å². The Morgan fingerprint density at radius 1 is 0.970 bits per heavy atom. The van der Waals surface area contributed by atoms with Crippen molar-refractivity contribution in [3.63, 3.8) is 0 Å². The summed E-state index contributed by atoms with van der Waals surface area (Å²) in [5, 5.41) is 0. The molecule has 0 spiro atoms. The van der Waals surface area contributed by atoms with Crippen LogP contribution in [0, 0.1) is 18.6 Å². The van der Waals surface area contributed by atoms with Crippen molar-refractivity contribution in [2.24, 2.45) is 0 Å². The van der Waals surface area contributed by atoms with Crippen LogP contribution in [0.1, 0.15) is 11.1 Å². The van der Waals surface area contributed by atoms with E-state index in [4.69, 9.17) is 0 Å². The Labute approximate surface area is 200 Å². The zero-order valence-electron chi connectivity index (χ0n) is 18.1. The molecule has 4 rings (SSSR count). The summed E-state index contributed by atoms with van der Waals surface area (Å²) >= 11 is 2.79. The van der Waals surface area contributed by atoms with Gasteiger partial charge in [-0.2, -0.15) is 0 Å². The van der Waals surface area contributed by atoms with E-state index >= 15 is 0 Å². The normalized spacial score (nSPS) is 10.8. The maximum atomic E-state index is 13.9. The van der Waals surface area contributed by atoms with Gasteiger partial charge in [0.15, 0.2) is 0 Å². The number of anilines is 1. The number of nitrogens with one attached hydrogen (secondary N) is 1. The molecule has 3 nitrogen and oxygen atoms in total. The summed E-state index contributed by atoms with van der Waals surface area (Å²) in [5.41, 5.74) is 5.25. The molecule has 1 N–H and O–H groups in total. The molecular weight excluding hydrogens is 458 g/mol. The Hall–Kier alpha value is -3.16. The van der Waals surface area contributed by atoms with Gasteiger partial charge in [-0.05, 0) is 83.6 Å². The molecule has 0 aliphatic heterocycles. The number of nitrogens with zero attached hydrogens (tertiary/aromatic N) is 1. The third-order valence-electron chi connectivity index (χ3n) is 5.16. The van der Waals surface area contributed by atoms with E-state index < -0.39 is 11.6 Å². The summed E-state index contributed by atoms with van der Waals surface area (Å²) in [4.78, 5) is 15.2. The predicted molar refractivity (Wildman–Crippen MR) is 133 cm³/mol. The summed E-state index contributed by atoms with van der Waals surface area (Å²) < 4.78 is 30.1. The number of carbonyl (C=O) groups is 1. The summed E-state index contributed by atoms with van der Waals surface area (Å²) in [5.74, 6) is -1.19. The van der Waals surface area contributed by atoms with Crippen LogP contribution < -0.4 is 4.72 Å². The van der Waals surface area contributed by atoms with Gasteiger partial charge >= 0.3 is 0 Å². The number of carbonyl (C=O) groups excluding carboxylic acids is 1. The van der Waals surface area contributed by atoms with Crippen LogP contribution in [-0.2, 0) is 11.3 Å². The molecule has 1 amide bonds. The fourth-order valence-corrected chi connectivity index (χ4v) is 5.00. The van der Waals surface area contributed by atoms with Gasteiger partial charge in [-0.25, -0.2) is 8.78 Å². The number of rotatable bonds is 8. The summed E-state index contributed by atoms with van der Waals surface area (Å²) in [6.07, 6.45) is 0.832. The van der Waals surface area contributed by atoms with E-state index in [1.165, 1.54) is 12.1 Å². The van der Waals surface area contributed by atoms with Gasteiger partial charge in [0, 0.05) is 35.1 Å². The quantitative estimate of drug-likeness (QED) is 0.211. The second kappa shape index (κ2) is 10.2. The zero-order valence-corrected chi connectivity index (χ0v) is 19.8. The first-order valence-corrected chi connectivity index (χ1v) is 11.9. The molecule has 0 radical (unpaired) electrons. The van der Waals surface area contributed by atoms with Gasteiger partial charge in [-0.15, -0.1) is 11.3 Å². The standard InChI is InChI=1S/C26H22F2N2OS2/c1-17-6-7-19(12-20(17)15-30(2)16-31)25-11-10-24(32-25)18-4-3-5-22(13-18)29-33-26-9-8-21(27)14-23(26)28/h3-14,16,29H,15H2,1-2H3. The molecule has 1 aromatic heterocycles. The Balaban J connectivity index is 1.52. The highest BCUT2D eigenvalue weighted by Gasteiger charge is 2.10. The molecule has 0 saturated carbocycles. The molecule has 0 saturated heterocycles. The summed E-state index contributed by atoms with van der Waals surface area (Å²) in [7, 11) is 1.77. The maximum absolute atomic E-state index is 13.9. The molecule has 1 heterocycles. The topological polar surface area (TPSA) is 32.3 Å². The maximum Gasteiger partial charge on any atom is 0.209 e. The van der Waals surface area contributed by atoms with Gasteiger partial charge in [0.1, 0.15) is 11.6 Å². The van der Waals surface area contributed by atoms with E-state index in [1.54, 1.807) is 23.3 Å². The largest absolute Gasteiger partial charge is 0.344 e. The number of thiophene rings is 1. The predicted octanol–water partition coefficient (Wildman–Crippen LogP) is 7.38. The van der Waals surface area contributed by atoms with Crippen molar-refractivity contribution in [2.45, 2.75) is 18.4 Å². The lowest BCUT2D eigenvalue weighted by molar-refractivity contribution is -0.117. The second-order valence-corrected chi connectivity index (χ2v) is 9.62. The first-order chi connectivity index (χ1) is 15.9. The molecule has 0 bridgehead atoms. The molecule has 0 aliphatic rings. The van der Waals surface area contributed by atoms with Crippen molar-refractivity contribution in [3.8, 4) is 20.9 Å². The molecule has 168 valence electrons. The van der Waals surface area contributed by atoms with Crippen LogP contribution in [0.3, 0.4) is 0 Å². The van der Waals surface area contributed by atoms with E-state index in [0.717, 1.165) is 62.1 Å². The number of aryl methyl sites for hydroxylation is 1. The number of amides is 1. The van der Waals surface area contributed by atoms with Crippen molar-refractivity contribution >= 4 is 35.4 Å². The number of hydrogen-bond donors (Lipinski definition) is 1. The minimum Gasteiger partial charge on any atom is -0.344 e. The Morgan fingerprint density at radius 2 is 1.73 bits per heavy atom. The van der Waals surface area contributed by atoms with Gasteiger partial charge in [0.05, 0.1) is 4.90 Å². The third-order valence-corrected chi connectivity index (χ3v) is 7.23. The van der Waals surface area contributed by atoms with Gasteiger partial charge in [-0.3, -0.25) is 4.79 Å². The lowest BCUT2D eigenvalue weighted by Gasteiger charge is -2.14. The van der Waals surface area contributed by atoms with Crippen molar-refractivity contribution in [3.05, 3.63) is 95.6 Å². The van der Waals surface area contributed by atoms with E-state index in [-0.39, 0.29) is 0 Å². The van der Waals surface area contributed by atoms with Crippen LogP contribution >= 0.6 is 23.3 Å². The van der Waals surface area contributed by atoms with E-state index in [9.17, 15) is 13.6 Å². The fraction of sp³-hybridized carbons (Fsp3) is 0.115. The van der Waals surface area contributed by atoms with Crippen LogP contribution in [0.5, 0.6) is 0 Å². The SMILES string of the molecule is Cc1ccc(-c2ccc(-c3cccc(NSc4ccc(F)cc4F)c3)s2)cc1CN(C)C=O. The van der Waals surface area contributed by atoms with Crippen LogP contribution in [-0.4, -0.2) is 18.4 Å². The number of halogens is 2. The highest BCUT2D eigenvalue weighted by atomic mass is 32.2. The van der Waals surface area contributed by atoms with Crippen molar-refractivity contribution < 1.29 is 13.6 Å². The van der Waals surface area contributed by atoms with E-state index in [2.05, 4.69) is 35.1 Å². The van der Waals surface area contributed by atoms with Crippen LogP contribution in [0.4, 0.5) is 14.5 Å². The van der Waals surface area contributed by atoms with Crippen LogP contribution in [0.15, 0.2) is 77.7 Å². The molecule has 0 aliphatic carbocycles. The van der Waals surface area contributed by atoms with Crippen LogP contribution in [0.2, 0.25) is 0 Å². The highest BCUT2D eigenvalue weighted by Crippen LogP contribution is 2.36. The lowest BCUT2D eigenvalue weighted by Crippen LogP contribution is -2.15. The average Bonchev–Trinajstić information content (AvgIpc) is 3.30. The molecule has 3 aromatic carbocycles. The van der Waals surface area contributed by atoms with E-state index in [1.807, 2.05) is 31.2 Å². The first kappa shape index (κ1) is 23.0. The molecular formula is C26H22F2N2OS2. The average molecular weight is 481 g/mol. The Bertz CT molecular complexity index is 1290. The molecule has 0 atom stereocenters. The fourth-order valence-electron chi connectivity index (χ4n) is 3.36. The molecule has 7 heteroatoms. The number of hydrogen-bond acceptors (Lipinski definition) is 4. The van der Waals surface area contributed by atoms with Crippen LogP contribution in [0.25, 0.3) is 20.9 Å². The minimum absolute atomic E-state index is 0.329. The molecule has 0 fully saturated rings. The third kappa shape index (κ3) is 5.61. The summed E-state index contributed by atoms with van der Waals surface area (Å²) in [6.45, 7) is 2.62. The van der Waals surface area contributed by atoms with Crippen molar-refractivity contribution in [1.82, 2.24) is 4.90 Å². The second-order valence-electron chi connectivity index (χ2n) is 7.69. The smallest absolute Gasteiger partial charge is 0.209 e. The molecule has 4 aromatic rings. The molecule has 33 heavy (non-hydrogen) atoms. The minimum atomic E-state index is -0.594. The van der Waals surface area contributed by atoms with Gasteiger partial charge in [-0.1, -0.05) is 24.3 Å².